The highest BCUT2D eigenvalue weighted by molar-refractivity contribution is 5.78. The standard InChI is InChI=1S/C10H20N2O/c1-7(2)6-12-10(13)8-3-4-9(11)5-8/h7-9H,3-6,11H2,1-2H3,(H,12,13)/t8-,9+/m1/s1. The Kier molecular flexibility index (Phi) is 3.72. The highest BCUT2D eigenvalue weighted by Gasteiger charge is 2.27. The molecule has 1 saturated carbocycles. The van der Waals surface area contributed by atoms with Crippen molar-refractivity contribution in [3.63, 3.8) is 0 Å². The van der Waals surface area contributed by atoms with Crippen LogP contribution in [0.25, 0.3) is 0 Å². The molecule has 1 aliphatic rings. The number of rotatable bonds is 3. The fourth-order valence-electron chi connectivity index (χ4n) is 1.70. The maximum atomic E-state index is 11.5. The average Bonchev–Trinajstić information content (AvgIpc) is 2.47. The summed E-state index contributed by atoms with van der Waals surface area (Å²) in [7, 11) is 0. The highest BCUT2D eigenvalue weighted by Crippen LogP contribution is 2.23. The number of nitrogens with two attached hydrogens (primary N) is 1. The maximum absolute atomic E-state index is 11.5. The summed E-state index contributed by atoms with van der Waals surface area (Å²) in [5.74, 6) is 0.898. The number of hydrogen-bond donors (Lipinski definition) is 2. The van der Waals surface area contributed by atoms with Crippen molar-refractivity contribution in [2.45, 2.75) is 39.2 Å². The number of carbonyl (C=O) groups is 1. The third-order valence-electron chi connectivity index (χ3n) is 2.53. The van der Waals surface area contributed by atoms with Gasteiger partial charge >= 0.3 is 0 Å². The first-order chi connectivity index (χ1) is 6.09. The van der Waals surface area contributed by atoms with Crippen molar-refractivity contribution in [3.05, 3.63) is 0 Å². The smallest absolute Gasteiger partial charge is 0.223 e. The summed E-state index contributed by atoms with van der Waals surface area (Å²) < 4.78 is 0. The molecule has 1 aliphatic carbocycles. The SMILES string of the molecule is CC(C)CNC(=O)[C@@H]1CC[C@H](N)C1. The van der Waals surface area contributed by atoms with E-state index in [4.69, 9.17) is 5.73 Å². The van der Waals surface area contributed by atoms with Gasteiger partial charge in [-0.05, 0) is 25.2 Å². The topological polar surface area (TPSA) is 55.1 Å². The van der Waals surface area contributed by atoms with Crippen LogP contribution in [0.5, 0.6) is 0 Å². The van der Waals surface area contributed by atoms with Gasteiger partial charge < -0.3 is 11.1 Å². The normalized spacial score (nSPS) is 28.0. The van der Waals surface area contributed by atoms with Crippen molar-refractivity contribution >= 4 is 5.91 Å². The van der Waals surface area contributed by atoms with Crippen molar-refractivity contribution in [2.24, 2.45) is 17.6 Å². The number of nitrogens with one attached hydrogen (secondary N) is 1. The zero-order valence-corrected chi connectivity index (χ0v) is 8.55. The summed E-state index contributed by atoms with van der Waals surface area (Å²) in [5.41, 5.74) is 5.74. The van der Waals surface area contributed by atoms with E-state index in [-0.39, 0.29) is 17.9 Å². The van der Waals surface area contributed by atoms with Gasteiger partial charge in [0, 0.05) is 18.5 Å². The van der Waals surface area contributed by atoms with Crippen molar-refractivity contribution in [3.8, 4) is 0 Å². The van der Waals surface area contributed by atoms with Gasteiger partial charge in [-0.2, -0.15) is 0 Å². The van der Waals surface area contributed by atoms with Gasteiger partial charge in [-0.1, -0.05) is 13.8 Å². The van der Waals surface area contributed by atoms with Crippen LogP contribution < -0.4 is 11.1 Å². The molecule has 0 heterocycles. The number of amides is 1. The molecule has 13 heavy (non-hydrogen) atoms. The molecule has 0 aromatic heterocycles. The van der Waals surface area contributed by atoms with E-state index in [1.165, 1.54) is 0 Å². The second-order valence-corrected chi connectivity index (χ2v) is 4.41. The zero-order chi connectivity index (χ0) is 9.84. The molecule has 0 bridgehead atoms. The van der Waals surface area contributed by atoms with Gasteiger partial charge in [0.15, 0.2) is 0 Å². The van der Waals surface area contributed by atoms with Crippen LogP contribution in [0.1, 0.15) is 33.1 Å². The van der Waals surface area contributed by atoms with Crippen LogP contribution >= 0.6 is 0 Å². The summed E-state index contributed by atoms with van der Waals surface area (Å²) in [6.07, 6.45) is 2.83. The Morgan fingerprint density at radius 2 is 2.23 bits per heavy atom. The quantitative estimate of drug-likeness (QED) is 0.684. The van der Waals surface area contributed by atoms with Crippen molar-refractivity contribution in [2.75, 3.05) is 6.54 Å². The summed E-state index contributed by atoms with van der Waals surface area (Å²) >= 11 is 0. The lowest BCUT2D eigenvalue weighted by Gasteiger charge is -2.12. The molecule has 0 saturated heterocycles. The Hall–Kier alpha value is -0.570. The second kappa shape index (κ2) is 4.61. The molecule has 3 N–H and O–H groups in total. The van der Waals surface area contributed by atoms with Crippen molar-refractivity contribution in [1.29, 1.82) is 0 Å². The fraction of sp³-hybridized carbons (Fsp3) is 0.900. The van der Waals surface area contributed by atoms with E-state index in [1.54, 1.807) is 0 Å². The van der Waals surface area contributed by atoms with Crippen LogP contribution in [0.15, 0.2) is 0 Å². The summed E-state index contributed by atoms with van der Waals surface area (Å²) in [4.78, 5) is 11.5. The molecule has 0 aliphatic heterocycles. The second-order valence-electron chi connectivity index (χ2n) is 4.41. The Morgan fingerprint density at radius 1 is 1.54 bits per heavy atom. The minimum Gasteiger partial charge on any atom is -0.356 e. The minimum atomic E-state index is 0.175. The van der Waals surface area contributed by atoms with Gasteiger partial charge in [0.05, 0.1) is 0 Å². The summed E-state index contributed by atoms with van der Waals surface area (Å²) in [6, 6.07) is 0.245. The molecule has 3 nitrogen and oxygen atoms in total. The molecule has 1 rings (SSSR count). The van der Waals surface area contributed by atoms with Gasteiger partial charge in [0.2, 0.25) is 5.91 Å². The lowest BCUT2D eigenvalue weighted by Crippen LogP contribution is -2.32. The van der Waals surface area contributed by atoms with E-state index in [2.05, 4.69) is 19.2 Å². The monoisotopic (exact) mass is 184 g/mol. The number of carbonyl (C=O) groups excluding carboxylic acids is 1. The fourth-order valence-corrected chi connectivity index (χ4v) is 1.70. The molecule has 3 heteroatoms. The zero-order valence-electron chi connectivity index (χ0n) is 8.55. The molecule has 0 aromatic rings. The lowest BCUT2D eigenvalue weighted by molar-refractivity contribution is -0.124. The average molecular weight is 184 g/mol. The number of hydrogen-bond acceptors (Lipinski definition) is 2. The van der Waals surface area contributed by atoms with Gasteiger partial charge in [0.25, 0.3) is 0 Å². The van der Waals surface area contributed by atoms with Crippen LogP contribution in [0.2, 0.25) is 0 Å². The first kappa shape index (κ1) is 10.5. The van der Waals surface area contributed by atoms with Crippen LogP contribution in [-0.2, 0) is 4.79 Å². The summed E-state index contributed by atoms with van der Waals surface area (Å²) in [6.45, 7) is 4.98. The van der Waals surface area contributed by atoms with Gasteiger partial charge in [-0.15, -0.1) is 0 Å². The molecule has 0 radical (unpaired) electrons. The van der Waals surface area contributed by atoms with E-state index in [0.29, 0.717) is 5.92 Å². The molecule has 1 fully saturated rings. The Morgan fingerprint density at radius 3 is 2.69 bits per heavy atom. The maximum Gasteiger partial charge on any atom is 0.223 e. The van der Waals surface area contributed by atoms with Crippen LogP contribution in [0, 0.1) is 11.8 Å². The van der Waals surface area contributed by atoms with Crippen LogP contribution in [-0.4, -0.2) is 18.5 Å². The van der Waals surface area contributed by atoms with Gasteiger partial charge in [-0.3, -0.25) is 4.79 Å². The largest absolute Gasteiger partial charge is 0.356 e. The predicted octanol–water partition coefficient (Wildman–Crippen LogP) is 0.886. The molecule has 0 spiro atoms. The summed E-state index contributed by atoms with van der Waals surface area (Å²) in [5, 5.41) is 2.95. The van der Waals surface area contributed by atoms with Gasteiger partial charge in [0.1, 0.15) is 0 Å². The van der Waals surface area contributed by atoms with Gasteiger partial charge in [-0.25, -0.2) is 0 Å². The molecular formula is C10H20N2O. The molecule has 1 amide bonds. The first-order valence-electron chi connectivity index (χ1n) is 5.13. The van der Waals surface area contributed by atoms with Crippen LogP contribution in [0.3, 0.4) is 0 Å². The Bertz CT molecular complexity index is 180. The van der Waals surface area contributed by atoms with E-state index in [0.717, 1.165) is 25.8 Å². The lowest BCUT2D eigenvalue weighted by atomic mass is 10.1. The van der Waals surface area contributed by atoms with Crippen molar-refractivity contribution in [1.82, 2.24) is 5.32 Å². The van der Waals surface area contributed by atoms with E-state index < -0.39 is 0 Å². The van der Waals surface area contributed by atoms with Crippen molar-refractivity contribution < 1.29 is 4.79 Å². The third-order valence-corrected chi connectivity index (χ3v) is 2.53. The van der Waals surface area contributed by atoms with E-state index >= 15 is 0 Å². The van der Waals surface area contributed by atoms with E-state index in [1.807, 2.05) is 0 Å². The Balaban J connectivity index is 2.24. The van der Waals surface area contributed by atoms with Crippen LogP contribution in [0.4, 0.5) is 0 Å². The molecule has 0 aromatic carbocycles. The molecule has 76 valence electrons. The Labute approximate surface area is 80.1 Å². The molecule has 0 unspecified atom stereocenters. The third kappa shape index (κ3) is 3.35. The molecular weight excluding hydrogens is 164 g/mol. The minimum absolute atomic E-state index is 0.175. The first-order valence-corrected chi connectivity index (χ1v) is 5.13. The van der Waals surface area contributed by atoms with E-state index in [9.17, 15) is 4.79 Å². The predicted molar refractivity (Wildman–Crippen MR) is 53.2 cm³/mol. The molecule has 2 atom stereocenters. The highest BCUT2D eigenvalue weighted by atomic mass is 16.1.